The smallest absolute Gasteiger partial charge is 0.242 e. The van der Waals surface area contributed by atoms with Crippen LogP contribution in [0, 0.1) is 13.8 Å². The van der Waals surface area contributed by atoms with E-state index in [1.165, 1.54) is 5.56 Å². The van der Waals surface area contributed by atoms with E-state index < -0.39 is 6.04 Å². The number of carbonyl (C=O) groups excluding carboxylic acids is 2. The fourth-order valence-electron chi connectivity index (χ4n) is 3.09. The van der Waals surface area contributed by atoms with Gasteiger partial charge >= 0.3 is 0 Å². The molecule has 30 heavy (non-hydrogen) atoms. The van der Waals surface area contributed by atoms with Crippen LogP contribution < -0.4 is 5.32 Å². The van der Waals surface area contributed by atoms with Crippen molar-refractivity contribution in [1.82, 2.24) is 10.2 Å². The number of halogens is 2. The SMILES string of the molecule is CCC(C)NC(=O)C(C)N(Cc1c(Cl)cccc1Cl)C(=O)Cc1ccc(C)c(C)c1. The Balaban J connectivity index is 2.32. The van der Waals surface area contributed by atoms with Crippen molar-refractivity contribution in [3.05, 3.63) is 68.7 Å². The third kappa shape index (κ3) is 6.23. The van der Waals surface area contributed by atoms with Gasteiger partial charge in [0.05, 0.1) is 6.42 Å². The van der Waals surface area contributed by atoms with Gasteiger partial charge in [0.2, 0.25) is 11.8 Å². The Kier molecular flexibility index (Phi) is 8.75. The van der Waals surface area contributed by atoms with Gasteiger partial charge in [0.25, 0.3) is 0 Å². The second-order valence-electron chi connectivity index (χ2n) is 7.81. The molecule has 2 rings (SSSR count). The lowest BCUT2D eigenvalue weighted by molar-refractivity contribution is -0.140. The molecule has 2 aromatic carbocycles. The Bertz CT molecular complexity index is 894. The highest BCUT2D eigenvalue weighted by Gasteiger charge is 2.28. The molecule has 4 nitrogen and oxygen atoms in total. The number of hydrogen-bond acceptors (Lipinski definition) is 2. The van der Waals surface area contributed by atoms with Crippen LogP contribution in [0.2, 0.25) is 10.0 Å². The van der Waals surface area contributed by atoms with Gasteiger partial charge in [-0.15, -0.1) is 0 Å². The first-order valence-corrected chi connectivity index (χ1v) is 11.0. The highest BCUT2D eigenvalue weighted by atomic mass is 35.5. The van der Waals surface area contributed by atoms with Crippen LogP contribution in [0.15, 0.2) is 36.4 Å². The highest BCUT2D eigenvalue weighted by molar-refractivity contribution is 6.36. The molecule has 0 fully saturated rings. The van der Waals surface area contributed by atoms with Crippen LogP contribution >= 0.6 is 23.2 Å². The van der Waals surface area contributed by atoms with Gasteiger partial charge in [0.15, 0.2) is 0 Å². The summed E-state index contributed by atoms with van der Waals surface area (Å²) in [6, 6.07) is 10.6. The Labute approximate surface area is 189 Å². The first-order chi connectivity index (χ1) is 14.1. The number of hydrogen-bond donors (Lipinski definition) is 1. The number of amides is 2. The molecule has 0 heterocycles. The zero-order chi connectivity index (χ0) is 22.4. The topological polar surface area (TPSA) is 49.4 Å². The minimum absolute atomic E-state index is 0.0283. The Morgan fingerprint density at radius 1 is 1.03 bits per heavy atom. The molecule has 0 bridgehead atoms. The van der Waals surface area contributed by atoms with E-state index in [0.717, 1.165) is 17.5 Å². The second kappa shape index (κ2) is 10.8. The molecular formula is C24H30Cl2N2O2. The van der Waals surface area contributed by atoms with Crippen LogP contribution in [0.25, 0.3) is 0 Å². The van der Waals surface area contributed by atoms with E-state index in [4.69, 9.17) is 23.2 Å². The van der Waals surface area contributed by atoms with E-state index in [1.807, 2.05) is 45.9 Å². The van der Waals surface area contributed by atoms with Crippen LogP contribution in [-0.4, -0.2) is 28.8 Å². The Hall–Kier alpha value is -2.04. The quantitative estimate of drug-likeness (QED) is 0.580. The van der Waals surface area contributed by atoms with Gasteiger partial charge in [-0.1, -0.05) is 54.4 Å². The van der Waals surface area contributed by atoms with Gasteiger partial charge in [-0.3, -0.25) is 9.59 Å². The van der Waals surface area contributed by atoms with Crippen LogP contribution in [0.5, 0.6) is 0 Å². The molecule has 0 saturated heterocycles. The van der Waals surface area contributed by atoms with E-state index in [0.29, 0.717) is 15.6 Å². The molecule has 2 amide bonds. The summed E-state index contributed by atoms with van der Waals surface area (Å²) >= 11 is 12.7. The van der Waals surface area contributed by atoms with Gasteiger partial charge in [-0.2, -0.15) is 0 Å². The van der Waals surface area contributed by atoms with Crippen molar-refractivity contribution in [2.24, 2.45) is 0 Å². The van der Waals surface area contributed by atoms with E-state index >= 15 is 0 Å². The van der Waals surface area contributed by atoms with E-state index in [9.17, 15) is 9.59 Å². The predicted octanol–water partition coefficient (Wildman–Crippen LogP) is 5.48. The number of aryl methyl sites for hydroxylation is 2. The predicted molar refractivity (Wildman–Crippen MR) is 124 cm³/mol. The maximum atomic E-state index is 13.3. The molecule has 0 saturated carbocycles. The van der Waals surface area contributed by atoms with Crippen LogP contribution in [0.1, 0.15) is 49.4 Å². The van der Waals surface area contributed by atoms with Gasteiger partial charge in [-0.25, -0.2) is 0 Å². The molecule has 2 aromatic rings. The van der Waals surface area contributed by atoms with Gasteiger partial charge in [0.1, 0.15) is 6.04 Å². The number of benzene rings is 2. The number of rotatable bonds is 8. The van der Waals surface area contributed by atoms with Gasteiger partial charge in [0, 0.05) is 28.2 Å². The fourth-order valence-corrected chi connectivity index (χ4v) is 3.61. The van der Waals surface area contributed by atoms with Gasteiger partial charge < -0.3 is 10.2 Å². The fraction of sp³-hybridized carbons (Fsp3) is 0.417. The van der Waals surface area contributed by atoms with Crippen LogP contribution in [-0.2, 0) is 22.6 Å². The average molecular weight is 449 g/mol. The largest absolute Gasteiger partial charge is 0.352 e. The summed E-state index contributed by atoms with van der Waals surface area (Å²) in [6.45, 7) is 9.90. The zero-order valence-corrected chi connectivity index (χ0v) is 19.8. The summed E-state index contributed by atoms with van der Waals surface area (Å²) in [5.41, 5.74) is 3.85. The summed E-state index contributed by atoms with van der Waals surface area (Å²) in [5, 5.41) is 3.91. The van der Waals surface area contributed by atoms with Crippen molar-refractivity contribution in [3.8, 4) is 0 Å². The van der Waals surface area contributed by atoms with Gasteiger partial charge in [-0.05, 0) is 62.9 Å². The summed E-state index contributed by atoms with van der Waals surface area (Å²) in [7, 11) is 0. The lowest BCUT2D eigenvalue weighted by atomic mass is 10.0. The molecule has 0 aromatic heterocycles. The first-order valence-electron chi connectivity index (χ1n) is 10.2. The number of nitrogens with zero attached hydrogens (tertiary/aromatic N) is 1. The summed E-state index contributed by atoms with van der Waals surface area (Å²) < 4.78 is 0. The number of nitrogens with one attached hydrogen (secondary N) is 1. The third-order valence-corrected chi connectivity index (χ3v) is 6.19. The number of carbonyl (C=O) groups is 2. The average Bonchev–Trinajstić information content (AvgIpc) is 2.69. The van der Waals surface area contributed by atoms with E-state index in [1.54, 1.807) is 30.0 Å². The van der Waals surface area contributed by atoms with Crippen LogP contribution in [0.3, 0.4) is 0 Å². The van der Waals surface area contributed by atoms with E-state index in [2.05, 4.69) is 5.32 Å². The van der Waals surface area contributed by atoms with Crippen molar-refractivity contribution in [3.63, 3.8) is 0 Å². The molecule has 0 aliphatic heterocycles. The molecule has 6 heteroatoms. The summed E-state index contributed by atoms with van der Waals surface area (Å²) in [6.07, 6.45) is 1.01. The minimum atomic E-state index is -0.662. The van der Waals surface area contributed by atoms with Crippen molar-refractivity contribution >= 4 is 35.0 Å². The molecule has 162 valence electrons. The molecule has 2 unspecified atom stereocenters. The monoisotopic (exact) mass is 448 g/mol. The Morgan fingerprint density at radius 2 is 1.67 bits per heavy atom. The zero-order valence-electron chi connectivity index (χ0n) is 18.3. The minimum Gasteiger partial charge on any atom is -0.352 e. The molecule has 0 aliphatic rings. The third-order valence-electron chi connectivity index (χ3n) is 5.49. The molecule has 0 radical (unpaired) electrons. The summed E-state index contributed by atoms with van der Waals surface area (Å²) in [4.78, 5) is 27.7. The van der Waals surface area contributed by atoms with Crippen molar-refractivity contribution in [2.45, 2.75) is 66.1 Å². The van der Waals surface area contributed by atoms with Crippen molar-refractivity contribution in [1.29, 1.82) is 0 Å². The van der Waals surface area contributed by atoms with E-state index in [-0.39, 0.29) is 30.8 Å². The first kappa shape index (κ1) is 24.2. The molecule has 1 N–H and O–H groups in total. The maximum absolute atomic E-state index is 13.3. The molecule has 0 spiro atoms. The maximum Gasteiger partial charge on any atom is 0.242 e. The van der Waals surface area contributed by atoms with Crippen molar-refractivity contribution < 1.29 is 9.59 Å². The standard InChI is InChI=1S/C24H30Cl2N2O2/c1-6-17(4)27-24(30)18(5)28(14-20-21(25)8-7-9-22(20)26)23(29)13-19-11-10-15(2)16(3)12-19/h7-12,17-18H,6,13-14H2,1-5H3,(H,27,30). The van der Waals surface area contributed by atoms with Crippen LogP contribution in [0.4, 0.5) is 0 Å². The molecule has 0 aliphatic carbocycles. The Morgan fingerprint density at radius 3 is 2.23 bits per heavy atom. The lowest BCUT2D eigenvalue weighted by Gasteiger charge is -2.30. The summed E-state index contributed by atoms with van der Waals surface area (Å²) in [5.74, 6) is -0.345. The lowest BCUT2D eigenvalue weighted by Crippen LogP contribution is -2.50. The second-order valence-corrected chi connectivity index (χ2v) is 8.63. The normalized spacial score (nSPS) is 12.9. The highest BCUT2D eigenvalue weighted by Crippen LogP contribution is 2.27. The molecular weight excluding hydrogens is 419 g/mol. The van der Waals surface area contributed by atoms with Crippen molar-refractivity contribution in [2.75, 3.05) is 0 Å². The molecule has 2 atom stereocenters.